The zero-order chi connectivity index (χ0) is 21.9. The van der Waals surface area contributed by atoms with Gasteiger partial charge in [-0.25, -0.2) is 9.59 Å². The van der Waals surface area contributed by atoms with E-state index in [0.29, 0.717) is 39.3 Å². The highest BCUT2D eigenvalue weighted by molar-refractivity contribution is 5.80. The smallest absolute Gasteiger partial charge is 0.410 e. The Morgan fingerprint density at radius 3 is 2.34 bits per heavy atom. The Kier molecular flexibility index (Phi) is 10.6. The summed E-state index contributed by atoms with van der Waals surface area (Å²) in [6, 6.07) is 0.242. The lowest BCUT2D eigenvalue weighted by atomic mass is 10.1. The number of likely N-dealkylation sites (N-methyl/N-ethyl adjacent to an activating group) is 1. The SMILES string of the molecule is CCNC(=NCCN(CC)C(=O)OC(C)(C)C)NC1CCN(C(=O)OCC)CC1. The van der Waals surface area contributed by atoms with Crippen molar-refractivity contribution in [1.82, 2.24) is 20.4 Å². The number of nitrogens with one attached hydrogen (secondary N) is 2. The number of guanidine groups is 1. The van der Waals surface area contributed by atoms with Gasteiger partial charge in [0.1, 0.15) is 5.60 Å². The van der Waals surface area contributed by atoms with Crippen LogP contribution in [0.1, 0.15) is 54.4 Å². The van der Waals surface area contributed by atoms with Gasteiger partial charge in [-0.05, 0) is 54.4 Å². The highest BCUT2D eigenvalue weighted by Crippen LogP contribution is 2.12. The van der Waals surface area contributed by atoms with Crippen LogP contribution >= 0.6 is 0 Å². The molecule has 1 heterocycles. The average Bonchev–Trinajstić information content (AvgIpc) is 2.64. The van der Waals surface area contributed by atoms with E-state index < -0.39 is 5.60 Å². The minimum absolute atomic E-state index is 0.242. The van der Waals surface area contributed by atoms with Crippen molar-refractivity contribution in [2.75, 3.05) is 45.9 Å². The zero-order valence-corrected chi connectivity index (χ0v) is 18.9. The summed E-state index contributed by atoms with van der Waals surface area (Å²) in [6.07, 6.45) is 1.11. The molecule has 0 aromatic heterocycles. The molecular weight excluding hydrogens is 374 g/mol. The Hall–Kier alpha value is -2.19. The van der Waals surface area contributed by atoms with Crippen LogP contribution in [-0.2, 0) is 9.47 Å². The number of rotatable bonds is 7. The first kappa shape index (κ1) is 24.8. The van der Waals surface area contributed by atoms with Gasteiger partial charge in [0.2, 0.25) is 0 Å². The largest absolute Gasteiger partial charge is 0.450 e. The Balaban J connectivity index is 2.52. The molecule has 0 bridgehead atoms. The number of piperidine rings is 1. The predicted octanol–water partition coefficient (Wildman–Crippen LogP) is 2.42. The lowest BCUT2D eigenvalue weighted by Gasteiger charge is -2.32. The first-order valence-corrected chi connectivity index (χ1v) is 10.6. The number of nitrogens with zero attached hydrogens (tertiary/aromatic N) is 3. The van der Waals surface area contributed by atoms with E-state index in [1.54, 1.807) is 9.80 Å². The summed E-state index contributed by atoms with van der Waals surface area (Å²) >= 11 is 0. The van der Waals surface area contributed by atoms with E-state index in [1.807, 2.05) is 41.5 Å². The molecule has 9 heteroatoms. The summed E-state index contributed by atoms with van der Waals surface area (Å²) in [5, 5.41) is 6.68. The molecular formula is C20H39N5O4. The number of likely N-dealkylation sites (tertiary alicyclic amines) is 1. The van der Waals surface area contributed by atoms with Crippen LogP contribution in [0.4, 0.5) is 9.59 Å². The maximum Gasteiger partial charge on any atom is 0.410 e. The number of carbonyl (C=O) groups excluding carboxylic acids is 2. The molecule has 1 rings (SSSR count). The van der Waals surface area contributed by atoms with E-state index >= 15 is 0 Å². The summed E-state index contributed by atoms with van der Waals surface area (Å²) in [6.45, 7) is 15.3. The predicted molar refractivity (Wildman–Crippen MR) is 114 cm³/mol. The fourth-order valence-electron chi connectivity index (χ4n) is 2.92. The summed E-state index contributed by atoms with van der Waals surface area (Å²) in [4.78, 5) is 32.0. The van der Waals surface area contributed by atoms with Gasteiger partial charge in [0.25, 0.3) is 0 Å². The van der Waals surface area contributed by atoms with Gasteiger partial charge in [0.05, 0.1) is 13.2 Å². The third kappa shape index (κ3) is 9.71. The Labute approximate surface area is 175 Å². The normalized spacial score (nSPS) is 15.7. The quantitative estimate of drug-likeness (QED) is 0.492. The molecule has 0 aliphatic carbocycles. The molecule has 29 heavy (non-hydrogen) atoms. The molecule has 1 fully saturated rings. The van der Waals surface area contributed by atoms with E-state index in [2.05, 4.69) is 15.6 Å². The second kappa shape index (κ2) is 12.4. The molecule has 0 spiro atoms. The minimum atomic E-state index is -0.511. The van der Waals surface area contributed by atoms with Crippen molar-refractivity contribution in [2.24, 2.45) is 4.99 Å². The van der Waals surface area contributed by atoms with Crippen molar-refractivity contribution in [1.29, 1.82) is 0 Å². The molecule has 168 valence electrons. The second-order valence-electron chi connectivity index (χ2n) is 7.93. The van der Waals surface area contributed by atoms with Crippen LogP contribution in [0.2, 0.25) is 0 Å². The molecule has 0 saturated carbocycles. The van der Waals surface area contributed by atoms with Crippen LogP contribution in [-0.4, -0.2) is 85.5 Å². The summed E-state index contributed by atoms with van der Waals surface area (Å²) < 4.78 is 10.5. The van der Waals surface area contributed by atoms with E-state index in [-0.39, 0.29) is 18.2 Å². The van der Waals surface area contributed by atoms with Gasteiger partial charge >= 0.3 is 12.2 Å². The average molecular weight is 414 g/mol. The first-order chi connectivity index (χ1) is 13.7. The van der Waals surface area contributed by atoms with Crippen LogP contribution in [0.5, 0.6) is 0 Å². The molecule has 0 unspecified atom stereocenters. The fourth-order valence-corrected chi connectivity index (χ4v) is 2.92. The van der Waals surface area contributed by atoms with Gasteiger partial charge < -0.3 is 29.9 Å². The lowest BCUT2D eigenvalue weighted by molar-refractivity contribution is 0.0266. The minimum Gasteiger partial charge on any atom is -0.450 e. The van der Waals surface area contributed by atoms with Crippen molar-refractivity contribution in [2.45, 2.75) is 66.0 Å². The number of hydrogen-bond donors (Lipinski definition) is 2. The highest BCUT2D eigenvalue weighted by Gasteiger charge is 2.24. The standard InChI is InChI=1S/C20H39N5O4/c1-7-21-17(22-12-15-24(8-2)19(27)29-20(4,5)6)23-16-10-13-25(14-11-16)18(26)28-9-3/h16H,7-15H2,1-6H3,(H2,21,22,23). The third-order valence-electron chi connectivity index (χ3n) is 4.38. The summed E-state index contributed by atoms with van der Waals surface area (Å²) in [5.41, 5.74) is -0.511. The molecule has 0 aromatic rings. The molecule has 1 aliphatic rings. The van der Waals surface area contributed by atoms with Crippen LogP contribution < -0.4 is 10.6 Å². The van der Waals surface area contributed by atoms with Crippen LogP contribution in [0.25, 0.3) is 0 Å². The van der Waals surface area contributed by atoms with Crippen molar-refractivity contribution < 1.29 is 19.1 Å². The summed E-state index contributed by atoms with van der Waals surface area (Å²) in [7, 11) is 0. The van der Waals surface area contributed by atoms with Crippen LogP contribution in [0.3, 0.4) is 0 Å². The van der Waals surface area contributed by atoms with Crippen molar-refractivity contribution in [3.05, 3.63) is 0 Å². The molecule has 0 radical (unpaired) electrons. The Morgan fingerprint density at radius 2 is 1.83 bits per heavy atom. The van der Waals surface area contributed by atoms with Gasteiger partial charge in [-0.3, -0.25) is 4.99 Å². The van der Waals surface area contributed by atoms with Crippen molar-refractivity contribution in [3.63, 3.8) is 0 Å². The Bertz CT molecular complexity index is 539. The lowest BCUT2D eigenvalue weighted by Crippen LogP contribution is -2.50. The van der Waals surface area contributed by atoms with Gasteiger partial charge in [-0.1, -0.05) is 0 Å². The van der Waals surface area contributed by atoms with E-state index in [1.165, 1.54) is 0 Å². The molecule has 0 aromatic carbocycles. The number of carbonyl (C=O) groups is 2. The molecule has 2 amide bonds. The van der Waals surface area contributed by atoms with E-state index in [9.17, 15) is 9.59 Å². The van der Waals surface area contributed by atoms with Crippen LogP contribution in [0, 0.1) is 0 Å². The number of aliphatic imine (C=N–C) groups is 1. The maximum absolute atomic E-state index is 12.2. The molecule has 0 atom stereocenters. The van der Waals surface area contributed by atoms with E-state index in [4.69, 9.17) is 9.47 Å². The first-order valence-electron chi connectivity index (χ1n) is 10.6. The van der Waals surface area contributed by atoms with Gasteiger partial charge in [-0.2, -0.15) is 0 Å². The van der Waals surface area contributed by atoms with Crippen molar-refractivity contribution >= 4 is 18.1 Å². The molecule has 1 saturated heterocycles. The van der Waals surface area contributed by atoms with Crippen LogP contribution in [0.15, 0.2) is 4.99 Å². The highest BCUT2D eigenvalue weighted by atomic mass is 16.6. The number of amides is 2. The second-order valence-corrected chi connectivity index (χ2v) is 7.93. The van der Waals surface area contributed by atoms with Gasteiger partial charge in [-0.15, -0.1) is 0 Å². The maximum atomic E-state index is 12.2. The molecule has 2 N–H and O–H groups in total. The number of hydrogen-bond acceptors (Lipinski definition) is 5. The molecule has 1 aliphatic heterocycles. The van der Waals surface area contributed by atoms with Gasteiger partial charge in [0, 0.05) is 38.8 Å². The zero-order valence-electron chi connectivity index (χ0n) is 18.9. The number of ether oxygens (including phenoxy) is 2. The summed E-state index contributed by atoms with van der Waals surface area (Å²) in [5.74, 6) is 0.724. The Morgan fingerprint density at radius 1 is 1.17 bits per heavy atom. The monoisotopic (exact) mass is 413 g/mol. The fraction of sp³-hybridized carbons (Fsp3) is 0.850. The van der Waals surface area contributed by atoms with Crippen molar-refractivity contribution in [3.8, 4) is 0 Å². The van der Waals surface area contributed by atoms with E-state index in [0.717, 1.165) is 25.3 Å². The topological polar surface area (TPSA) is 95.5 Å². The van der Waals surface area contributed by atoms with Gasteiger partial charge in [0.15, 0.2) is 5.96 Å². The third-order valence-corrected chi connectivity index (χ3v) is 4.38. The molecule has 9 nitrogen and oxygen atoms in total.